The van der Waals surface area contributed by atoms with Gasteiger partial charge in [-0.1, -0.05) is 6.58 Å². The van der Waals surface area contributed by atoms with Crippen LogP contribution in [0.25, 0.3) is 0 Å². The Morgan fingerprint density at radius 3 is 2.36 bits per heavy atom. The van der Waals surface area contributed by atoms with Crippen LogP contribution in [0.5, 0.6) is 0 Å². The van der Waals surface area contributed by atoms with Gasteiger partial charge in [0.1, 0.15) is 6.10 Å². The minimum Gasteiger partial charge on any atom is -0.478 e. The Morgan fingerprint density at radius 1 is 1.64 bits per heavy atom. The second-order valence-corrected chi connectivity index (χ2v) is 2.46. The third-order valence-electron chi connectivity index (χ3n) is 1.01. The highest BCUT2D eigenvalue weighted by molar-refractivity contribution is 7.24. The molecular weight excluding hydrogens is 171 g/mol. The molecule has 0 rings (SSSR count). The minimum atomic E-state index is -3.02. The van der Waals surface area contributed by atoms with Crippen LogP contribution >= 0.6 is 7.91 Å². The second kappa shape index (κ2) is 4.05. The quantitative estimate of drug-likeness (QED) is 0.515. The Bertz CT molecular complexity index is 233. The highest BCUT2D eigenvalue weighted by atomic mass is 31.1. The average molecular weight is 178 g/mol. The summed E-state index contributed by atoms with van der Waals surface area (Å²) < 4.78 is 24.0. The largest absolute Gasteiger partial charge is 0.478 e. The first-order valence-electron chi connectivity index (χ1n) is 2.68. The summed E-state index contributed by atoms with van der Waals surface area (Å²) in [6.45, 7) is 4.41. The molecule has 0 spiro atoms. The highest BCUT2D eigenvalue weighted by Crippen LogP contribution is 2.14. The van der Waals surface area contributed by atoms with Gasteiger partial charge in [-0.15, -0.1) is 0 Å². The van der Waals surface area contributed by atoms with Crippen molar-refractivity contribution in [1.82, 2.24) is 0 Å². The van der Waals surface area contributed by atoms with E-state index in [2.05, 4.69) is 11.1 Å². The van der Waals surface area contributed by atoms with Crippen LogP contribution in [-0.2, 0) is 18.4 Å². The number of rotatable bonds is 4. The van der Waals surface area contributed by atoms with Crippen LogP contribution in [0, 0.1) is 0 Å². The Morgan fingerprint density at radius 2 is 2.09 bits per heavy atom. The maximum Gasteiger partial charge on any atom is 0.468 e. The molecule has 5 nitrogen and oxygen atoms in total. The van der Waals surface area contributed by atoms with Crippen molar-refractivity contribution in [2.75, 3.05) is 0 Å². The van der Waals surface area contributed by atoms with Gasteiger partial charge in [0.15, 0.2) is 0 Å². The molecule has 1 atom stereocenters. The zero-order chi connectivity index (χ0) is 9.02. The van der Waals surface area contributed by atoms with Gasteiger partial charge < -0.3 is 5.11 Å². The second-order valence-electron chi connectivity index (χ2n) is 1.80. The standard InChI is InChI=1S/C5H7O5P/c1-3(5(6)7)4(2)10-11(8)9/h4H,1H2,2H3,(H,6,7). The molecule has 0 saturated carbocycles. The number of hydrogen-bond acceptors (Lipinski definition) is 4. The van der Waals surface area contributed by atoms with Gasteiger partial charge in [0.05, 0.1) is 5.57 Å². The fraction of sp³-hybridized carbons (Fsp3) is 0.400. The first kappa shape index (κ1) is 10.1. The molecule has 0 aliphatic rings. The molecule has 0 aromatic heterocycles. The van der Waals surface area contributed by atoms with Crippen LogP contribution in [-0.4, -0.2) is 17.2 Å². The molecule has 0 radical (unpaired) electrons. The summed E-state index contributed by atoms with van der Waals surface area (Å²) >= 11 is 0. The van der Waals surface area contributed by atoms with E-state index >= 15 is 0 Å². The molecule has 62 valence electrons. The molecule has 1 unspecified atom stereocenters. The van der Waals surface area contributed by atoms with Crippen LogP contribution in [0.4, 0.5) is 0 Å². The summed E-state index contributed by atoms with van der Waals surface area (Å²) in [6, 6.07) is 0. The van der Waals surface area contributed by atoms with Crippen LogP contribution in [0.3, 0.4) is 0 Å². The normalized spacial score (nSPS) is 12.1. The molecule has 1 N–H and O–H groups in total. The lowest BCUT2D eigenvalue weighted by Gasteiger charge is -2.04. The number of carboxylic acids is 1. The van der Waals surface area contributed by atoms with Crippen LogP contribution in [0.15, 0.2) is 12.2 Å². The Balaban J connectivity index is 4.14. The van der Waals surface area contributed by atoms with Gasteiger partial charge in [0.25, 0.3) is 0 Å². The predicted molar refractivity (Wildman–Crippen MR) is 35.6 cm³/mol. The summed E-state index contributed by atoms with van der Waals surface area (Å²) in [5.41, 5.74) is -0.288. The molecule has 0 heterocycles. The molecule has 0 aliphatic heterocycles. The van der Waals surface area contributed by atoms with Crippen molar-refractivity contribution in [3.05, 3.63) is 12.2 Å². The van der Waals surface area contributed by atoms with Crippen molar-refractivity contribution in [1.29, 1.82) is 0 Å². The lowest BCUT2D eigenvalue weighted by atomic mass is 10.2. The number of carbonyl (C=O) groups is 1. The summed E-state index contributed by atoms with van der Waals surface area (Å²) in [7, 11) is -3.02. The number of carboxylic acid groups (broad SMARTS) is 1. The van der Waals surface area contributed by atoms with E-state index in [4.69, 9.17) is 5.11 Å². The molecule has 0 bridgehead atoms. The number of aliphatic carboxylic acids is 1. The zero-order valence-electron chi connectivity index (χ0n) is 5.81. The molecule has 6 heteroatoms. The Hall–Kier alpha value is -0.930. The summed E-state index contributed by atoms with van der Waals surface area (Å²) in [5.74, 6) is -1.27. The van der Waals surface area contributed by atoms with Gasteiger partial charge in [-0.2, -0.15) is 0 Å². The van der Waals surface area contributed by atoms with Crippen LogP contribution in [0.1, 0.15) is 6.92 Å². The smallest absolute Gasteiger partial charge is 0.468 e. The maximum atomic E-state index is 10.1. The molecular formula is C5H7O5P. The van der Waals surface area contributed by atoms with Crippen molar-refractivity contribution >= 4 is 13.9 Å². The third-order valence-corrected chi connectivity index (χ3v) is 1.50. The molecule has 0 fully saturated rings. The van der Waals surface area contributed by atoms with Gasteiger partial charge in [-0.25, -0.2) is 13.9 Å². The van der Waals surface area contributed by atoms with E-state index < -0.39 is 20.0 Å². The van der Waals surface area contributed by atoms with E-state index in [9.17, 15) is 13.9 Å². The van der Waals surface area contributed by atoms with Crippen molar-refractivity contribution in [2.24, 2.45) is 0 Å². The minimum absolute atomic E-state index is 0.288. The maximum absolute atomic E-state index is 10.1. The van der Waals surface area contributed by atoms with Gasteiger partial charge in [-0.3, -0.25) is 4.52 Å². The van der Waals surface area contributed by atoms with E-state index in [1.54, 1.807) is 0 Å². The first-order valence-corrected chi connectivity index (χ1v) is 3.78. The van der Waals surface area contributed by atoms with Gasteiger partial charge in [-0.05, 0) is 6.92 Å². The molecule has 11 heavy (non-hydrogen) atoms. The van der Waals surface area contributed by atoms with Gasteiger partial charge in [0, 0.05) is 0 Å². The van der Waals surface area contributed by atoms with E-state index in [1.807, 2.05) is 0 Å². The summed E-state index contributed by atoms with van der Waals surface area (Å²) in [4.78, 5) is 10.1. The van der Waals surface area contributed by atoms with Crippen molar-refractivity contribution in [3.63, 3.8) is 0 Å². The van der Waals surface area contributed by atoms with Crippen molar-refractivity contribution in [3.8, 4) is 0 Å². The molecule has 0 aliphatic carbocycles. The summed E-state index contributed by atoms with van der Waals surface area (Å²) in [5, 5.41) is 8.29. The van der Waals surface area contributed by atoms with Crippen molar-refractivity contribution in [2.45, 2.75) is 13.0 Å². The van der Waals surface area contributed by atoms with Crippen LogP contribution in [0.2, 0.25) is 0 Å². The third kappa shape index (κ3) is 3.70. The molecule has 0 aromatic carbocycles. The van der Waals surface area contributed by atoms with Crippen LogP contribution < -0.4 is 0 Å². The molecule has 0 saturated heterocycles. The van der Waals surface area contributed by atoms with Gasteiger partial charge in [0.2, 0.25) is 0 Å². The number of hydrogen-bond donors (Lipinski definition) is 1. The Labute approximate surface area is 63.6 Å². The summed E-state index contributed by atoms with van der Waals surface area (Å²) in [6.07, 6.45) is -1.01. The topological polar surface area (TPSA) is 80.7 Å². The van der Waals surface area contributed by atoms with E-state index in [-0.39, 0.29) is 5.57 Å². The average Bonchev–Trinajstić information content (AvgIpc) is 1.84. The molecule has 0 amide bonds. The van der Waals surface area contributed by atoms with E-state index in [1.165, 1.54) is 6.92 Å². The predicted octanol–water partition coefficient (Wildman–Crippen LogP) is 1.12. The van der Waals surface area contributed by atoms with Crippen molar-refractivity contribution < 1.29 is 23.6 Å². The fourth-order valence-electron chi connectivity index (χ4n) is 0.367. The van der Waals surface area contributed by atoms with E-state index in [0.717, 1.165) is 0 Å². The monoisotopic (exact) mass is 178 g/mol. The fourth-order valence-corrected chi connectivity index (χ4v) is 0.752. The van der Waals surface area contributed by atoms with E-state index in [0.29, 0.717) is 0 Å². The Kier molecular flexibility index (Phi) is 3.71. The highest BCUT2D eigenvalue weighted by Gasteiger charge is 2.15. The van der Waals surface area contributed by atoms with Gasteiger partial charge >= 0.3 is 13.9 Å². The SMILES string of the molecule is C=C(C(=O)O)C(C)OP(=O)=O. The zero-order valence-corrected chi connectivity index (χ0v) is 6.71. The molecule has 0 aromatic rings. The lowest BCUT2D eigenvalue weighted by Crippen LogP contribution is -2.13. The first-order chi connectivity index (χ1) is 4.95. The lowest BCUT2D eigenvalue weighted by molar-refractivity contribution is -0.133.